The van der Waals surface area contributed by atoms with Crippen LogP contribution in [-0.4, -0.2) is 57.8 Å². The van der Waals surface area contributed by atoms with E-state index in [0.717, 1.165) is 19.4 Å². The van der Waals surface area contributed by atoms with Crippen LogP contribution >= 0.6 is 0 Å². The maximum atomic E-state index is 12.7. The molecule has 3 atom stereocenters. The van der Waals surface area contributed by atoms with Crippen molar-refractivity contribution in [1.29, 1.82) is 0 Å². The first-order chi connectivity index (χ1) is 11.3. The van der Waals surface area contributed by atoms with Gasteiger partial charge in [0.25, 0.3) is 11.5 Å². The summed E-state index contributed by atoms with van der Waals surface area (Å²) in [7, 11) is 4.98. The second-order valence-corrected chi connectivity index (χ2v) is 6.95. The Morgan fingerprint density at radius 1 is 1.21 bits per heavy atom. The average molecular weight is 334 g/mol. The maximum absolute atomic E-state index is 12.7. The van der Waals surface area contributed by atoms with Gasteiger partial charge in [-0.05, 0) is 24.7 Å². The van der Waals surface area contributed by atoms with Crippen molar-refractivity contribution in [3.8, 4) is 0 Å². The number of piperidine rings is 1. The van der Waals surface area contributed by atoms with Crippen LogP contribution in [0.2, 0.25) is 0 Å². The van der Waals surface area contributed by atoms with Crippen LogP contribution in [0.1, 0.15) is 29.6 Å². The Morgan fingerprint density at radius 3 is 2.58 bits per heavy atom. The molecule has 8 nitrogen and oxygen atoms in total. The average Bonchev–Trinajstić information content (AvgIpc) is 2.92. The number of H-pyrrole nitrogens is 1. The lowest BCUT2D eigenvalue weighted by Crippen LogP contribution is -2.41. The third-order valence-electron chi connectivity index (χ3n) is 5.39. The third-order valence-corrected chi connectivity index (χ3v) is 5.39. The molecule has 8 heteroatoms. The zero-order chi connectivity index (χ0) is 17.6. The van der Waals surface area contributed by atoms with Gasteiger partial charge in [0.2, 0.25) is 5.91 Å². The molecule has 1 N–H and O–H groups in total. The van der Waals surface area contributed by atoms with E-state index < -0.39 is 17.2 Å². The summed E-state index contributed by atoms with van der Waals surface area (Å²) in [5.41, 5.74) is -1.25. The minimum absolute atomic E-state index is 0.00318. The van der Waals surface area contributed by atoms with E-state index in [1.165, 1.54) is 17.8 Å². The van der Waals surface area contributed by atoms with E-state index >= 15 is 0 Å². The van der Waals surface area contributed by atoms with Crippen LogP contribution in [0, 0.1) is 11.8 Å². The van der Waals surface area contributed by atoms with Crippen molar-refractivity contribution in [3.63, 3.8) is 0 Å². The molecule has 1 saturated carbocycles. The molecule has 1 aliphatic heterocycles. The fourth-order valence-electron chi connectivity index (χ4n) is 3.88. The molecule has 130 valence electrons. The van der Waals surface area contributed by atoms with Gasteiger partial charge in [0.05, 0.1) is 0 Å². The van der Waals surface area contributed by atoms with Crippen molar-refractivity contribution in [2.45, 2.75) is 25.3 Å². The minimum atomic E-state index is -0.666. The zero-order valence-electron chi connectivity index (χ0n) is 14.1. The first kappa shape index (κ1) is 16.5. The van der Waals surface area contributed by atoms with Gasteiger partial charge in [0.15, 0.2) is 0 Å². The van der Waals surface area contributed by atoms with E-state index in [1.54, 1.807) is 16.8 Å². The van der Waals surface area contributed by atoms with E-state index in [-0.39, 0.29) is 17.5 Å². The fraction of sp³-hybridized carbons (Fsp3) is 0.625. The molecule has 0 spiro atoms. The van der Waals surface area contributed by atoms with Gasteiger partial charge >= 0.3 is 5.69 Å². The number of hydrogen-bond acceptors (Lipinski definition) is 4. The van der Waals surface area contributed by atoms with Gasteiger partial charge in [-0.15, -0.1) is 0 Å². The summed E-state index contributed by atoms with van der Waals surface area (Å²) >= 11 is 0. The van der Waals surface area contributed by atoms with Gasteiger partial charge in [-0.25, -0.2) is 4.79 Å². The van der Waals surface area contributed by atoms with Crippen LogP contribution < -0.4 is 11.2 Å². The fourth-order valence-corrected chi connectivity index (χ4v) is 3.88. The summed E-state index contributed by atoms with van der Waals surface area (Å²) in [6.45, 7) is 0.725. The molecule has 3 rings (SSSR count). The molecule has 0 aromatic carbocycles. The molecule has 1 aromatic rings. The van der Waals surface area contributed by atoms with Gasteiger partial charge in [0.1, 0.15) is 5.56 Å². The molecule has 0 unspecified atom stereocenters. The van der Waals surface area contributed by atoms with Gasteiger partial charge < -0.3 is 14.4 Å². The number of aryl methyl sites for hydroxylation is 1. The number of carbonyl (C=O) groups is 2. The highest BCUT2D eigenvalue weighted by molar-refractivity contribution is 5.93. The lowest BCUT2D eigenvalue weighted by molar-refractivity contribution is -0.134. The lowest BCUT2D eigenvalue weighted by atomic mass is 9.88. The quantitative estimate of drug-likeness (QED) is 0.781. The summed E-state index contributed by atoms with van der Waals surface area (Å²) in [4.78, 5) is 53.3. The standard InChI is InChI=1S/C16H22N4O4/c1-18-7-10-5-11(4-9(10)6-13(18)21)20(3)15(23)12-8-19(2)16(24)17-14(12)22/h8-11H,4-7H2,1-3H3,(H,17,22,24)/t9-,10+,11-/m0/s1. The summed E-state index contributed by atoms with van der Waals surface area (Å²) in [5.74, 6) is 0.453. The molecule has 1 aromatic heterocycles. The SMILES string of the molecule is CN1C[C@H]2C[C@@H](N(C)C(=O)c3cn(C)c(=O)[nH]c3=O)C[C@H]2CC1=O. The number of nitrogens with zero attached hydrogens (tertiary/aromatic N) is 3. The van der Waals surface area contributed by atoms with Crippen molar-refractivity contribution in [2.75, 3.05) is 20.6 Å². The molecule has 2 aliphatic rings. The predicted molar refractivity (Wildman–Crippen MR) is 86.7 cm³/mol. The summed E-state index contributed by atoms with van der Waals surface area (Å²) in [5, 5.41) is 0. The molecule has 24 heavy (non-hydrogen) atoms. The van der Waals surface area contributed by atoms with Crippen molar-refractivity contribution in [2.24, 2.45) is 18.9 Å². The van der Waals surface area contributed by atoms with Crippen LogP contribution in [0.3, 0.4) is 0 Å². The Bertz CT molecular complexity index is 796. The molecule has 0 bridgehead atoms. The Kier molecular flexibility index (Phi) is 4.06. The van der Waals surface area contributed by atoms with Crippen LogP contribution in [-0.2, 0) is 11.8 Å². The highest BCUT2D eigenvalue weighted by Gasteiger charge is 2.42. The number of hydrogen-bond donors (Lipinski definition) is 1. The Hall–Kier alpha value is -2.38. The van der Waals surface area contributed by atoms with Crippen molar-refractivity contribution in [3.05, 3.63) is 32.6 Å². The zero-order valence-corrected chi connectivity index (χ0v) is 14.1. The summed E-state index contributed by atoms with van der Waals surface area (Å²) in [6.07, 6.45) is 3.41. The molecule has 2 heterocycles. The van der Waals surface area contributed by atoms with Crippen molar-refractivity contribution >= 4 is 11.8 Å². The topological polar surface area (TPSA) is 95.5 Å². The highest BCUT2D eigenvalue weighted by Crippen LogP contribution is 2.40. The number of fused-ring (bicyclic) bond motifs is 1. The second-order valence-electron chi connectivity index (χ2n) is 6.95. The number of carbonyl (C=O) groups excluding carboxylic acids is 2. The van der Waals surface area contributed by atoms with Gasteiger partial charge in [-0.1, -0.05) is 0 Å². The monoisotopic (exact) mass is 334 g/mol. The number of nitrogens with one attached hydrogen (secondary N) is 1. The molecule has 2 fully saturated rings. The maximum Gasteiger partial charge on any atom is 0.328 e. The lowest BCUT2D eigenvalue weighted by Gasteiger charge is -2.31. The third kappa shape index (κ3) is 2.76. The van der Waals surface area contributed by atoms with Gasteiger partial charge in [-0.3, -0.25) is 19.4 Å². The normalized spacial score (nSPS) is 26.4. The number of aromatic amines is 1. The van der Waals surface area contributed by atoms with Crippen LogP contribution in [0.25, 0.3) is 0 Å². The van der Waals surface area contributed by atoms with Crippen molar-refractivity contribution < 1.29 is 9.59 Å². The number of amides is 2. The summed E-state index contributed by atoms with van der Waals surface area (Å²) in [6, 6.07) is 0.00318. The Balaban J connectivity index is 1.78. The molecular weight excluding hydrogens is 312 g/mol. The van der Waals surface area contributed by atoms with Gasteiger partial charge in [0, 0.05) is 46.3 Å². The van der Waals surface area contributed by atoms with E-state index in [4.69, 9.17) is 0 Å². The number of rotatable bonds is 2. The van der Waals surface area contributed by atoms with Gasteiger partial charge in [-0.2, -0.15) is 0 Å². The molecule has 1 aliphatic carbocycles. The van der Waals surface area contributed by atoms with E-state index in [9.17, 15) is 19.2 Å². The van der Waals surface area contributed by atoms with E-state index in [0.29, 0.717) is 18.3 Å². The van der Waals surface area contributed by atoms with Crippen LogP contribution in [0.4, 0.5) is 0 Å². The largest absolute Gasteiger partial charge is 0.345 e. The van der Waals surface area contributed by atoms with E-state index in [1.807, 2.05) is 7.05 Å². The van der Waals surface area contributed by atoms with Crippen LogP contribution in [0.5, 0.6) is 0 Å². The first-order valence-corrected chi connectivity index (χ1v) is 8.09. The summed E-state index contributed by atoms with van der Waals surface area (Å²) < 4.78 is 1.19. The minimum Gasteiger partial charge on any atom is -0.345 e. The molecule has 1 saturated heterocycles. The number of likely N-dealkylation sites (tertiary alicyclic amines) is 1. The van der Waals surface area contributed by atoms with Crippen molar-refractivity contribution in [1.82, 2.24) is 19.4 Å². The molecule has 2 amide bonds. The second kappa shape index (κ2) is 5.92. The first-order valence-electron chi connectivity index (χ1n) is 8.09. The smallest absolute Gasteiger partial charge is 0.328 e. The number of aromatic nitrogens is 2. The molecule has 0 radical (unpaired) electrons. The van der Waals surface area contributed by atoms with Crippen LogP contribution in [0.15, 0.2) is 15.8 Å². The predicted octanol–water partition coefficient (Wildman–Crippen LogP) is -0.597. The Morgan fingerprint density at radius 2 is 1.88 bits per heavy atom. The Labute approximate surface area is 139 Å². The highest BCUT2D eigenvalue weighted by atomic mass is 16.2. The molecular formula is C16H22N4O4. The van der Waals surface area contributed by atoms with E-state index in [2.05, 4.69) is 4.98 Å².